The largest absolute Gasteiger partial charge is 0.545 e. The lowest BCUT2D eigenvalue weighted by Gasteiger charge is -2.11. The lowest BCUT2D eigenvalue weighted by Crippen LogP contribution is -2.22. The highest BCUT2D eigenvalue weighted by atomic mass is 32.2. The van der Waals surface area contributed by atoms with E-state index in [9.17, 15) is 23.1 Å². The molecule has 0 spiro atoms. The van der Waals surface area contributed by atoms with Crippen molar-refractivity contribution in [2.45, 2.75) is 4.90 Å². The predicted octanol–water partition coefficient (Wildman–Crippen LogP) is 0.637. The number of esters is 1. The molecule has 0 heterocycles. The van der Waals surface area contributed by atoms with E-state index in [4.69, 9.17) is 0 Å². The number of carboxylic acid groups (broad SMARTS) is 1. The highest BCUT2D eigenvalue weighted by Crippen LogP contribution is 2.20. The number of ether oxygens (including phenoxy) is 1. The second-order valence-electron chi connectivity index (χ2n) is 4.46. The molecule has 23 heavy (non-hydrogen) atoms. The number of carbonyl (C=O) groups excluding carboxylic acids is 2. The number of hydrogen-bond donors (Lipinski definition) is 1. The number of hydrogen-bond acceptors (Lipinski definition) is 6. The van der Waals surface area contributed by atoms with Crippen molar-refractivity contribution in [2.24, 2.45) is 0 Å². The number of sulfonamides is 1. The minimum Gasteiger partial charge on any atom is -0.545 e. The molecule has 0 bridgehead atoms. The van der Waals surface area contributed by atoms with Crippen molar-refractivity contribution in [3.63, 3.8) is 0 Å². The number of rotatable bonds is 5. The van der Waals surface area contributed by atoms with Crippen molar-refractivity contribution in [3.8, 4) is 0 Å². The predicted molar refractivity (Wildman–Crippen MR) is 79.4 cm³/mol. The van der Waals surface area contributed by atoms with Gasteiger partial charge in [0.1, 0.15) is 4.90 Å². The highest BCUT2D eigenvalue weighted by molar-refractivity contribution is 7.92. The highest BCUT2D eigenvalue weighted by Gasteiger charge is 2.22. The molecule has 7 nitrogen and oxygen atoms in total. The molecule has 0 saturated carbocycles. The Balaban J connectivity index is 2.36. The minimum atomic E-state index is -4.05. The molecule has 0 radical (unpaired) electrons. The summed E-state index contributed by atoms with van der Waals surface area (Å²) in [4.78, 5) is 22.1. The van der Waals surface area contributed by atoms with Gasteiger partial charge in [0.05, 0.1) is 18.6 Å². The molecule has 0 aromatic heterocycles. The summed E-state index contributed by atoms with van der Waals surface area (Å²) in [5, 5.41) is 10.7. The van der Waals surface area contributed by atoms with Crippen LogP contribution in [0.5, 0.6) is 0 Å². The lowest BCUT2D eigenvalue weighted by molar-refractivity contribution is -0.255. The maximum atomic E-state index is 12.4. The Morgan fingerprint density at radius 2 is 1.65 bits per heavy atom. The van der Waals surface area contributed by atoms with Gasteiger partial charge in [-0.3, -0.25) is 4.72 Å². The van der Waals surface area contributed by atoms with Crippen molar-refractivity contribution in [2.75, 3.05) is 11.8 Å². The van der Waals surface area contributed by atoms with Crippen LogP contribution in [-0.4, -0.2) is 27.5 Å². The van der Waals surface area contributed by atoms with Crippen molar-refractivity contribution >= 4 is 27.6 Å². The van der Waals surface area contributed by atoms with Crippen LogP contribution in [0.2, 0.25) is 0 Å². The first-order valence-corrected chi connectivity index (χ1v) is 7.85. The van der Waals surface area contributed by atoms with E-state index in [0.717, 1.165) is 7.11 Å². The van der Waals surface area contributed by atoms with Crippen LogP contribution in [0.1, 0.15) is 20.7 Å². The summed E-state index contributed by atoms with van der Waals surface area (Å²) in [5.41, 5.74) is -0.0357. The maximum absolute atomic E-state index is 12.4. The summed E-state index contributed by atoms with van der Waals surface area (Å²) in [6.07, 6.45) is 0. The van der Waals surface area contributed by atoms with E-state index in [0.29, 0.717) is 0 Å². The molecule has 1 N–H and O–H groups in total. The van der Waals surface area contributed by atoms with Gasteiger partial charge in [-0.2, -0.15) is 0 Å². The van der Waals surface area contributed by atoms with Crippen molar-refractivity contribution < 1.29 is 27.9 Å². The fourth-order valence-electron chi connectivity index (χ4n) is 1.86. The van der Waals surface area contributed by atoms with E-state index in [1.165, 1.54) is 48.5 Å². The molecule has 0 unspecified atom stereocenters. The number of aromatic carboxylic acids is 1. The van der Waals surface area contributed by atoms with Gasteiger partial charge in [-0.1, -0.05) is 24.3 Å². The molecule has 2 rings (SSSR count). The first kappa shape index (κ1) is 16.5. The van der Waals surface area contributed by atoms with Crippen LogP contribution < -0.4 is 9.83 Å². The fraction of sp³-hybridized carbons (Fsp3) is 0.0667. The Labute approximate surface area is 132 Å². The average Bonchev–Trinajstić information content (AvgIpc) is 2.54. The van der Waals surface area contributed by atoms with E-state index < -0.39 is 22.0 Å². The van der Waals surface area contributed by atoms with Gasteiger partial charge >= 0.3 is 5.97 Å². The van der Waals surface area contributed by atoms with Crippen LogP contribution in [0.4, 0.5) is 5.69 Å². The van der Waals surface area contributed by atoms with E-state index in [1.807, 2.05) is 0 Å². The van der Waals surface area contributed by atoms with E-state index in [2.05, 4.69) is 9.46 Å². The van der Waals surface area contributed by atoms with E-state index in [-0.39, 0.29) is 21.7 Å². The Kier molecular flexibility index (Phi) is 4.65. The van der Waals surface area contributed by atoms with Crippen LogP contribution >= 0.6 is 0 Å². The Hall–Kier alpha value is -2.87. The molecule has 0 fully saturated rings. The molecule has 0 aliphatic heterocycles. The van der Waals surface area contributed by atoms with E-state index in [1.54, 1.807) is 0 Å². The third kappa shape index (κ3) is 3.67. The normalized spacial score (nSPS) is 10.8. The smallest absolute Gasteiger partial charge is 0.339 e. The lowest BCUT2D eigenvalue weighted by atomic mass is 10.2. The summed E-state index contributed by atoms with van der Waals surface area (Å²) in [6.45, 7) is 0. The van der Waals surface area contributed by atoms with Gasteiger partial charge in [0.15, 0.2) is 0 Å². The van der Waals surface area contributed by atoms with Crippen LogP contribution in [0.3, 0.4) is 0 Å². The van der Waals surface area contributed by atoms with Crippen LogP contribution in [-0.2, 0) is 14.8 Å². The van der Waals surface area contributed by atoms with Gasteiger partial charge < -0.3 is 14.6 Å². The van der Waals surface area contributed by atoms with Crippen molar-refractivity contribution in [1.82, 2.24) is 0 Å². The Morgan fingerprint density at radius 1 is 1.04 bits per heavy atom. The molecule has 0 amide bonds. The monoisotopic (exact) mass is 334 g/mol. The zero-order chi connectivity index (χ0) is 17.0. The molecule has 0 saturated heterocycles. The van der Waals surface area contributed by atoms with Crippen LogP contribution in [0.15, 0.2) is 53.4 Å². The Bertz CT molecular complexity index is 843. The summed E-state index contributed by atoms with van der Waals surface area (Å²) < 4.78 is 31.7. The standard InChI is InChI=1S/C15H13NO6S/c1-22-15(19)12-4-2-3-5-13(12)23(20,21)16-11-8-6-10(7-9-11)14(17)18/h2-9,16H,1H3,(H,17,18)/p-1. The first-order chi connectivity index (χ1) is 10.8. The molecular weight excluding hydrogens is 322 g/mol. The van der Waals surface area contributed by atoms with Gasteiger partial charge in [-0.15, -0.1) is 0 Å². The Morgan fingerprint density at radius 3 is 2.22 bits per heavy atom. The van der Waals surface area contributed by atoms with Crippen LogP contribution in [0.25, 0.3) is 0 Å². The molecule has 120 valence electrons. The third-order valence-electron chi connectivity index (χ3n) is 2.95. The van der Waals surface area contributed by atoms with Gasteiger partial charge in [-0.25, -0.2) is 13.2 Å². The average molecular weight is 334 g/mol. The number of methoxy groups -OCH3 is 1. The summed E-state index contributed by atoms with van der Waals surface area (Å²) in [6, 6.07) is 10.6. The van der Waals surface area contributed by atoms with Gasteiger partial charge in [0.25, 0.3) is 10.0 Å². The second kappa shape index (κ2) is 6.49. The zero-order valence-electron chi connectivity index (χ0n) is 12.0. The number of carboxylic acids is 1. The molecular formula is C15H12NO6S-. The summed E-state index contributed by atoms with van der Waals surface area (Å²) in [5.74, 6) is -2.14. The summed E-state index contributed by atoms with van der Waals surface area (Å²) >= 11 is 0. The van der Waals surface area contributed by atoms with Gasteiger partial charge in [0.2, 0.25) is 0 Å². The first-order valence-electron chi connectivity index (χ1n) is 6.37. The molecule has 8 heteroatoms. The molecule has 0 aliphatic carbocycles. The van der Waals surface area contributed by atoms with Crippen molar-refractivity contribution in [3.05, 3.63) is 59.7 Å². The second-order valence-corrected chi connectivity index (χ2v) is 6.11. The molecule has 2 aromatic rings. The molecule has 2 aromatic carbocycles. The van der Waals surface area contributed by atoms with E-state index >= 15 is 0 Å². The third-order valence-corrected chi connectivity index (χ3v) is 4.39. The number of benzene rings is 2. The fourth-order valence-corrected chi connectivity index (χ4v) is 3.12. The van der Waals surface area contributed by atoms with Crippen LogP contribution in [0, 0.1) is 0 Å². The van der Waals surface area contributed by atoms with Gasteiger partial charge in [-0.05, 0) is 29.8 Å². The van der Waals surface area contributed by atoms with Gasteiger partial charge in [0, 0.05) is 5.69 Å². The number of nitrogens with one attached hydrogen (secondary N) is 1. The molecule has 0 atom stereocenters. The maximum Gasteiger partial charge on any atom is 0.339 e. The topological polar surface area (TPSA) is 113 Å². The number of carbonyl (C=O) groups is 2. The zero-order valence-corrected chi connectivity index (χ0v) is 12.8. The summed E-state index contributed by atoms with van der Waals surface area (Å²) in [7, 11) is -2.90. The SMILES string of the molecule is COC(=O)c1ccccc1S(=O)(=O)Nc1ccc(C(=O)[O-])cc1. The quantitative estimate of drug-likeness (QED) is 0.803. The van der Waals surface area contributed by atoms with Crippen molar-refractivity contribution in [1.29, 1.82) is 0 Å². The minimum absolute atomic E-state index is 0.0806. The molecule has 0 aliphatic rings. The number of anilines is 1.